The van der Waals surface area contributed by atoms with Crippen molar-refractivity contribution in [1.29, 1.82) is 0 Å². The number of aromatic nitrogens is 4. The van der Waals surface area contributed by atoms with Gasteiger partial charge in [-0.05, 0) is 25.1 Å². The number of nitrogens with zero attached hydrogens (tertiary/aromatic N) is 3. The minimum absolute atomic E-state index is 0.160. The van der Waals surface area contributed by atoms with Crippen molar-refractivity contribution in [3.8, 4) is 17.0 Å². The van der Waals surface area contributed by atoms with Crippen LogP contribution >= 0.6 is 0 Å². The number of hydrogen-bond acceptors (Lipinski definition) is 6. The summed E-state index contributed by atoms with van der Waals surface area (Å²) in [6.07, 6.45) is 0. The van der Waals surface area contributed by atoms with E-state index >= 15 is 0 Å². The minimum atomic E-state index is -0.303. The van der Waals surface area contributed by atoms with Crippen LogP contribution in [0.15, 0.2) is 34.9 Å². The summed E-state index contributed by atoms with van der Waals surface area (Å²) in [5.41, 5.74) is 1.86. The van der Waals surface area contributed by atoms with Gasteiger partial charge >= 0.3 is 0 Å². The standard InChI is InChI=1S/C15H15N5O3/c1-9-17-14(23-20-9)8-16-15(21)13-7-12(18-19-13)10-4-3-5-11(6-10)22-2/h3-7H,8H2,1-2H3,(H,16,21)(H,18,19). The molecule has 0 aliphatic carbocycles. The zero-order chi connectivity index (χ0) is 16.2. The number of rotatable bonds is 5. The van der Waals surface area contributed by atoms with Gasteiger partial charge in [0.05, 0.1) is 19.3 Å². The lowest BCUT2D eigenvalue weighted by molar-refractivity contribution is 0.0941. The summed E-state index contributed by atoms with van der Waals surface area (Å²) in [5.74, 6) is 1.30. The molecule has 2 heterocycles. The van der Waals surface area contributed by atoms with Gasteiger partial charge in [0, 0.05) is 5.56 Å². The highest BCUT2D eigenvalue weighted by Gasteiger charge is 2.12. The molecule has 118 valence electrons. The fourth-order valence-electron chi connectivity index (χ4n) is 2.03. The second-order valence-corrected chi connectivity index (χ2v) is 4.82. The van der Waals surface area contributed by atoms with Gasteiger partial charge in [-0.2, -0.15) is 10.1 Å². The number of aryl methyl sites for hydroxylation is 1. The molecular weight excluding hydrogens is 298 g/mol. The number of benzene rings is 1. The first-order valence-electron chi connectivity index (χ1n) is 6.93. The van der Waals surface area contributed by atoms with Gasteiger partial charge in [0.25, 0.3) is 5.91 Å². The Bertz CT molecular complexity index is 824. The first-order chi connectivity index (χ1) is 11.2. The van der Waals surface area contributed by atoms with Crippen molar-refractivity contribution in [2.24, 2.45) is 0 Å². The van der Waals surface area contributed by atoms with E-state index in [0.717, 1.165) is 11.3 Å². The Balaban J connectivity index is 1.69. The number of methoxy groups -OCH3 is 1. The Morgan fingerprint density at radius 2 is 2.26 bits per heavy atom. The van der Waals surface area contributed by atoms with E-state index < -0.39 is 0 Å². The van der Waals surface area contributed by atoms with Crippen LogP contribution in [0, 0.1) is 6.92 Å². The number of carbonyl (C=O) groups excluding carboxylic acids is 1. The molecule has 0 saturated carbocycles. The third-order valence-corrected chi connectivity index (χ3v) is 3.16. The molecule has 8 heteroatoms. The summed E-state index contributed by atoms with van der Waals surface area (Å²) in [4.78, 5) is 16.1. The van der Waals surface area contributed by atoms with Gasteiger partial charge < -0.3 is 14.6 Å². The summed E-state index contributed by atoms with van der Waals surface area (Å²) >= 11 is 0. The molecule has 3 aromatic rings. The molecule has 3 rings (SSSR count). The SMILES string of the molecule is COc1cccc(-c2cc(C(=O)NCc3nc(C)no3)[nH]n2)c1. The lowest BCUT2D eigenvalue weighted by Gasteiger charge is -2.01. The molecule has 0 unspecified atom stereocenters. The number of ether oxygens (including phenoxy) is 1. The number of H-pyrrole nitrogens is 1. The van der Waals surface area contributed by atoms with Gasteiger partial charge in [-0.15, -0.1) is 0 Å². The molecule has 0 radical (unpaired) electrons. The van der Waals surface area contributed by atoms with E-state index in [4.69, 9.17) is 9.26 Å². The van der Waals surface area contributed by atoms with Crippen LogP contribution in [-0.4, -0.2) is 33.4 Å². The lowest BCUT2D eigenvalue weighted by Crippen LogP contribution is -2.23. The fourth-order valence-corrected chi connectivity index (χ4v) is 2.03. The van der Waals surface area contributed by atoms with Crippen LogP contribution in [0.25, 0.3) is 11.3 Å². The Morgan fingerprint density at radius 1 is 1.39 bits per heavy atom. The minimum Gasteiger partial charge on any atom is -0.497 e. The third-order valence-electron chi connectivity index (χ3n) is 3.16. The highest BCUT2D eigenvalue weighted by Crippen LogP contribution is 2.22. The van der Waals surface area contributed by atoms with Crippen molar-refractivity contribution < 1.29 is 14.1 Å². The predicted molar refractivity (Wildman–Crippen MR) is 80.8 cm³/mol. The topological polar surface area (TPSA) is 106 Å². The molecule has 1 amide bonds. The Hall–Kier alpha value is -3.16. The van der Waals surface area contributed by atoms with E-state index in [0.29, 0.717) is 23.1 Å². The van der Waals surface area contributed by atoms with Crippen LogP contribution < -0.4 is 10.1 Å². The maximum absolute atomic E-state index is 12.1. The maximum atomic E-state index is 12.1. The van der Waals surface area contributed by atoms with Crippen LogP contribution in [0.4, 0.5) is 0 Å². The highest BCUT2D eigenvalue weighted by molar-refractivity contribution is 5.93. The van der Waals surface area contributed by atoms with Crippen LogP contribution in [0.3, 0.4) is 0 Å². The molecule has 0 bridgehead atoms. The average Bonchev–Trinajstić information content (AvgIpc) is 3.22. The van der Waals surface area contributed by atoms with Crippen LogP contribution in [0.2, 0.25) is 0 Å². The van der Waals surface area contributed by atoms with Gasteiger partial charge in [0.1, 0.15) is 11.4 Å². The van der Waals surface area contributed by atoms with Crippen molar-refractivity contribution in [3.63, 3.8) is 0 Å². The number of hydrogen-bond donors (Lipinski definition) is 2. The van der Waals surface area contributed by atoms with Crippen molar-refractivity contribution in [2.75, 3.05) is 7.11 Å². The van der Waals surface area contributed by atoms with Gasteiger partial charge in [-0.3, -0.25) is 9.89 Å². The predicted octanol–water partition coefficient (Wildman–Crippen LogP) is 1.71. The van der Waals surface area contributed by atoms with E-state index in [1.165, 1.54) is 0 Å². The zero-order valence-electron chi connectivity index (χ0n) is 12.7. The van der Waals surface area contributed by atoms with E-state index in [9.17, 15) is 4.79 Å². The van der Waals surface area contributed by atoms with Crippen molar-refractivity contribution in [2.45, 2.75) is 13.5 Å². The molecule has 0 aliphatic heterocycles. The van der Waals surface area contributed by atoms with Gasteiger partial charge in [-0.1, -0.05) is 17.3 Å². The smallest absolute Gasteiger partial charge is 0.269 e. The number of nitrogens with one attached hydrogen (secondary N) is 2. The summed E-state index contributed by atoms with van der Waals surface area (Å²) in [6.45, 7) is 1.87. The van der Waals surface area contributed by atoms with Gasteiger partial charge in [0.2, 0.25) is 5.89 Å². The molecule has 8 nitrogen and oxygen atoms in total. The molecule has 23 heavy (non-hydrogen) atoms. The summed E-state index contributed by atoms with van der Waals surface area (Å²) in [6, 6.07) is 9.11. The van der Waals surface area contributed by atoms with Crippen molar-refractivity contribution >= 4 is 5.91 Å². The van der Waals surface area contributed by atoms with Gasteiger partial charge in [0.15, 0.2) is 5.82 Å². The number of amides is 1. The van der Waals surface area contributed by atoms with Crippen LogP contribution in [-0.2, 0) is 6.54 Å². The first kappa shape index (κ1) is 14.8. The Kier molecular flexibility index (Phi) is 4.05. The molecule has 1 aromatic carbocycles. The number of aromatic amines is 1. The molecule has 0 spiro atoms. The molecule has 2 aromatic heterocycles. The molecular formula is C15H15N5O3. The van der Waals surface area contributed by atoms with Crippen molar-refractivity contribution in [1.82, 2.24) is 25.7 Å². The molecule has 0 atom stereocenters. The quantitative estimate of drug-likeness (QED) is 0.742. The molecule has 0 fully saturated rings. The van der Waals surface area contributed by atoms with E-state index in [2.05, 4.69) is 25.7 Å². The summed E-state index contributed by atoms with van der Waals surface area (Å²) < 4.78 is 10.1. The number of carbonyl (C=O) groups is 1. The Labute approximate surface area is 131 Å². The largest absolute Gasteiger partial charge is 0.497 e. The average molecular weight is 313 g/mol. The molecule has 0 saturated heterocycles. The lowest BCUT2D eigenvalue weighted by atomic mass is 10.1. The summed E-state index contributed by atoms with van der Waals surface area (Å²) in [7, 11) is 1.60. The Morgan fingerprint density at radius 3 is 3.00 bits per heavy atom. The monoisotopic (exact) mass is 313 g/mol. The van der Waals surface area contributed by atoms with Crippen LogP contribution in [0.1, 0.15) is 22.2 Å². The van der Waals surface area contributed by atoms with E-state index in [-0.39, 0.29) is 12.5 Å². The van der Waals surface area contributed by atoms with Crippen LogP contribution in [0.5, 0.6) is 5.75 Å². The van der Waals surface area contributed by atoms with E-state index in [1.807, 2.05) is 24.3 Å². The second-order valence-electron chi connectivity index (χ2n) is 4.82. The summed E-state index contributed by atoms with van der Waals surface area (Å²) in [5, 5.41) is 13.2. The zero-order valence-corrected chi connectivity index (χ0v) is 12.7. The highest BCUT2D eigenvalue weighted by atomic mass is 16.5. The molecule has 0 aliphatic rings. The maximum Gasteiger partial charge on any atom is 0.269 e. The second kappa shape index (κ2) is 6.30. The molecule has 2 N–H and O–H groups in total. The normalized spacial score (nSPS) is 10.5. The third kappa shape index (κ3) is 3.37. The van der Waals surface area contributed by atoms with Crippen molar-refractivity contribution in [3.05, 3.63) is 47.7 Å². The fraction of sp³-hybridized carbons (Fsp3) is 0.200. The van der Waals surface area contributed by atoms with E-state index in [1.54, 1.807) is 20.1 Å². The first-order valence-corrected chi connectivity index (χ1v) is 6.93. The van der Waals surface area contributed by atoms with Gasteiger partial charge in [-0.25, -0.2) is 0 Å².